The van der Waals surface area contributed by atoms with Crippen molar-refractivity contribution in [2.75, 3.05) is 5.32 Å². The van der Waals surface area contributed by atoms with Crippen LogP contribution in [0.1, 0.15) is 49.2 Å². The highest BCUT2D eigenvalue weighted by Crippen LogP contribution is 2.39. The normalized spacial score (nSPS) is 20.7. The van der Waals surface area contributed by atoms with Crippen LogP contribution in [0.5, 0.6) is 0 Å². The number of carbonyl (C=O) groups is 1. The van der Waals surface area contributed by atoms with Gasteiger partial charge in [-0.2, -0.15) is 0 Å². The van der Waals surface area contributed by atoms with E-state index in [1.807, 2.05) is 18.2 Å². The zero-order valence-electron chi connectivity index (χ0n) is 13.4. The maximum absolute atomic E-state index is 12.2. The highest BCUT2D eigenvalue weighted by atomic mass is 16.1. The lowest BCUT2D eigenvalue weighted by Gasteiger charge is -2.24. The highest BCUT2D eigenvalue weighted by molar-refractivity contribution is 5.94. The minimum atomic E-state index is 0.0806. The van der Waals surface area contributed by atoms with Crippen molar-refractivity contribution in [3.05, 3.63) is 53.0 Å². The first kappa shape index (κ1) is 14.2. The number of aromatic nitrogens is 2. The number of amides is 1. The molecule has 0 spiro atoms. The van der Waals surface area contributed by atoms with Gasteiger partial charge in [0.05, 0.1) is 5.69 Å². The number of carbonyl (C=O) groups excluding carboxylic acids is 1. The summed E-state index contributed by atoms with van der Waals surface area (Å²) in [5, 5.41) is 3.05. The molecule has 4 nitrogen and oxygen atoms in total. The predicted molar refractivity (Wildman–Crippen MR) is 91.2 cm³/mol. The number of aryl methyl sites for hydroxylation is 1. The Labute approximate surface area is 136 Å². The summed E-state index contributed by atoms with van der Waals surface area (Å²) in [7, 11) is 0. The number of anilines is 1. The van der Waals surface area contributed by atoms with E-state index < -0.39 is 0 Å². The van der Waals surface area contributed by atoms with E-state index >= 15 is 0 Å². The zero-order valence-corrected chi connectivity index (χ0v) is 13.4. The van der Waals surface area contributed by atoms with E-state index in [0.717, 1.165) is 36.7 Å². The molecule has 1 atom stereocenters. The Morgan fingerprint density at radius 2 is 2.13 bits per heavy atom. The van der Waals surface area contributed by atoms with Crippen molar-refractivity contribution in [2.45, 2.75) is 45.1 Å². The molecule has 0 aliphatic carbocycles. The summed E-state index contributed by atoms with van der Waals surface area (Å²) in [6.07, 6.45) is 6.02. The van der Waals surface area contributed by atoms with Crippen LogP contribution in [0.4, 0.5) is 5.82 Å². The standard InChI is InChI=1S/C19H21N3O/c1-13(11-14-7-3-2-4-8-14)15-12-17(23)21-19-18(15)20-16-9-5-6-10-22(16)19/h2-4,7-8,11,15H,5-6,9-10,12H2,1H3,(H,21,23)/b13-11+/t15-/m0/s1. The van der Waals surface area contributed by atoms with Crippen LogP contribution < -0.4 is 5.32 Å². The topological polar surface area (TPSA) is 46.9 Å². The average Bonchev–Trinajstić information content (AvgIpc) is 2.93. The Bertz CT molecular complexity index is 773. The summed E-state index contributed by atoms with van der Waals surface area (Å²) >= 11 is 0. The molecule has 0 bridgehead atoms. The highest BCUT2D eigenvalue weighted by Gasteiger charge is 2.32. The number of hydrogen-bond acceptors (Lipinski definition) is 2. The van der Waals surface area contributed by atoms with Gasteiger partial charge in [-0.3, -0.25) is 4.79 Å². The van der Waals surface area contributed by atoms with Crippen molar-refractivity contribution in [2.24, 2.45) is 0 Å². The van der Waals surface area contributed by atoms with Gasteiger partial charge in [-0.15, -0.1) is 0 Å². The lowest BCUT2D eigenvalue weighted by molar-refractivity contribution is -0.116. The van der Waals surface area contributed by atoms with E-state index in [1.54, 1.807) is 0 Å². The van der Waals surface area contributed by atoms with Gasteiger partial charge in [-0.1, -0.05) is 42.0 Å². The first-order valence-electron chi connectivity index (χ1n) is 8.35. The second-order valence-electron chi connectivity index (χ2n) is 6.47. The molecule has 0 fully saturated rings. The second kappa shape index (κ2) is 5.69. The summed E-state index contributed by atoms with van der Waals surface area (Å²) in [4.78, 5) is 17.1. The monoisotopic (exact) mass is 307 g/mol. The average molecular weight is 307 g/mol. The lowest BCUT2D eigenvalue weighted by atomic mass is 9.89. The number of allylic oxidation sites excluding steroid dienone is 1. The number of nitrogens with one attached hydrogen (secondary N) is 1. The third-order valence-corrected chi connectivity index (χ3v) is 4.83. The Balaban J connectivity index is 1.75. The fourth-order valence-corrected chi connectivity index (χ4v) is 3.63. The van der Waals surface area contributed by atoms with Crippen LogP contribution in [0.2, 0.25) is 0 Å². The van der Waals surface area contributed by atoms with E-state index in [9.17, 15) is 4.79 Å². The van der Waals surface area contributed by atoms with Crippen LogP contribution >= 0.6 is 0 Å². The molecule has 1 amide bonds. The van der Waals surface area contributed by atoms with E-state index in [1.165, 1.54) is 17.6 Å². The molecule has 0 saturated heterocycles. The third-order valence-electron chi connectivity index (χ3n) is 4.83. The van der Waals surface area contributed by atoms with Crippen LogP contribution in [-0.4, -0.2) is 15.5 Å². The molecule has 0 unspecified atom stereocenters. The third kappa shape index (κ3) is 2.58. The molecule has 118 valence electrons. The SMILES string of the molecule is C/C(=C\c1ccccc1)[C@@H]1CC(=O)Nc2c1nc1n2CCCC1. The van der Waals surface area contributed by atoms with Gasteiger partial charge in [-0.25, -0.2) is 4.98 Å². The van der Waals surface area contributed by atoms with E-state index in [-0.39, 0.29) is 11.8 Å². The molecule has 23 heavy (non-hydrogen) atoms. The maximum atomic E-state index is 12.2. The molecular formula is C19H21N3O. The first-order chi connectivity index (χ1) is 11.2. The van der Waals surface area contributed by atoms with Crippen molar-refractivity contribution in [1.29, 1.82) is 0 Å². The fourth-order valence-electron chi connectivity index (χ4n) is 3.63. The van der Waals surface area contributed by atoms with Crippen molar-refractivity contribution >= 4 is 17.8 Å². The minimum absolute atomic E-state index is 0.0806. The van der Waals surface area contributed by atoms with Crippen LogP contribution in [0, 0.1) is 0 Å². The Hall–Kier alpha value is -2.36. The van der Waals surface area contributed by atoms with Crippen molar-refractivity contribution in [1.82, 2.24) is 9.55 Å². The summed E-state index contributed by atoms with van der Waals surface area (Å²) in [5.74, 6) is 2.23. The van der Waals surface area contributed by atoms with Gasteiger partial charge < -0.3 is 9.88 Å². The molecule has 3 heterocycles. The number of fused-ring (bicyclic) bond motifs is 3. The summed E-state index contributed by atoms with van der Waals surface area (Å²) < 4.78 is 2.21. The number of benzene rings is 1. The van der Waals surface area contributed by atoms with Crippen molar-refractivity contribution < 1.29 is 4.79 Å². The molecule has 1 aromatic carbocycles. The Morgan fingerprint density at radius 3 is 2.96 bits per heavy atom. The van der Waals surface area contributed by atoms with Gasteiger partial charge in [0, 0.05) is 25.3 Å². The van der Waals surface area contributed by atoms with Crippen molar-refractivity contribution in [3.63, 3.8) is 0 Å². The molecule has 2 aromatic rings. The molecule has 0 radical (unpaired) electrons. The summed E-state index contributed by atoms with van der Waals surface area (Å²) in [6.45, 7) is 3.07. The van der Waals surface area contributed by atoms with Crippen LogP contribution in [0.25, 0.3) is 6.08 Å². The molecule has 1 N–H and O–H groups in total. The lowest BCUT2D eigenvalue weighted by Crippen LogP contribution is -2.25. The van der Waals surface area contributed by atoms with Gasteiger partial charge >= 0.3 is 0 Å². The Kier molecular flexibility index (Phi) is 3.52. The quantitative estimate of drug-likeness (QED) is 0.918. The molecule has 4 heteroatoms. The summed E-state index contributed by atoms with van der Waals surface area (Å²) in [6, 6.07) is 10.3. The fraction of sp³-hybridized carbons (Fsp3) is 0.368. The zero-order chi connectivity index (χ0) is 15.8. The maximum Gasteiger partial charge on any atom is 0.226 e. The van der Waals surface area contributed by atoms with Gasteiger partial charge in [0.2, 0.25) is 5.91 Å². The number of hydrogen-bond donors (Lipinski definition) is 1. The van der Waals surface area contributed by atoms with E-state index in [4.69, 9.17) is 4.98 Å². The largest absolute Gasteiger partial charge is 0.314 e. The first-order valence-corrected chi connectivity index (χ1v) is 8.35. The predicted octanol–water partition coefficient (Wildman–Crippen LogP) is 3.75. The van der Waals surface area contributed by atoms with E-state index in [0.29, 0.717) is 6.42 Å². The molecule has 4 rings (SSSR count). The number of rotatable bonds is 2. The van der Waals surface area contributed by atoms with Gasteiger partial charge in [0.25, 0.3) is 0 Å². The summed E-state index contributed by atoms with van der Waals surface area (Å²) in [5.41, 5.74) is 3.41. The van der Waals surface area contributed by atoms with Crippen molar-refractivity contribution in [3.8, 4) is 0 Å². The van der Waals surface area contributed by atoms with Crippen LogP contribution in [-0.2, 0) is 17.8 Å². The molecule has 1 aromatic heterocycles. The smallest absolute Gasteiger partial charge is 0.226 e. The van der Waals surface area contributed by atoms with Crippen LogP contribution in [0.3, 0.4) is 0 Å². The molecule has 0 saturated carbocycles. The number of imidazole rings is 1. The van der Waals surface area contributed by atoms with Gasteiger partial charge in [-0.05, 0) is 25.3 Å². The van der Waals surface area contributed by atoms with E-state index in [2.05, 4.69) is 35.0 Å². The Morgan fingerprint density at radius 1 is 1.30 bits per heavy atom. The second-order valence-corrected chi connectivity index (χ2v) is 6.47. The number of nitrogens with zero attached hydrogens (tertiary/aromatic N) is 2. The van der Waals surface area contributed by atoms with Gasteiger partial charge in [0.15, 0.2) is 0 Å². The van der Waals surface area contributed by atoms with Gasteiger partial charge in [0.1, 0.15) is 11.6 Å². The molecule has 2 aliphatic rings. The molecular weight excluding hydrogens is 286 g/mol. The minimum Gasteiger partial charge on any atom is -0.314 e. The van der Waals surface area contributed by atoms with Crippen LogP contribution in [0.15, 0.2) is 35.9 Å². The molecule has 2 aliphatic heterocycles.